The van der Waals surface area contributed by atoms with Gasteiger partial charge in [-0.25, -0.2) is 0 Å². The summed E-state index contributed by atoms with van der Waals surface area (Å²) >= 11 is 1.79. The average molecular weight is 416 g/mol. The molecule has 2 fully saturated rings. The molecule has 0 bridgehead atoms. The lowest BCUT2D eigenvalue weighted by atomic mass is 9.75. The third-order valence-electron chi connectivity index (χ3n) is 6.19. The molecule has 2 aliphatic rings. The number of pyridine rings is 1. The van der Waals surface area contributed by atoms with Gasteiger partial charge in [-0.15, -0.1) is 11.3 Å². The van der Waals surface area contributed by atoms with Crippen molar-refractivity contribution in [3.05, 3.63) is 52.0 Å². The van der Waals surface area contributed by atoms with Gasteiger partial charge in [0.2, 0.25) is 0 Å². The van der Waals surface area contributed by atoms with E-state index in [1.807, 2.05) is 19.9 Å². The number of piperidine rings is 1. The highest BCUT2D eigenvalue weighted by molar-refractivity contribution is 7.09. The maximum atomic E-state index is 12.6. The summed E-state index contributed by atoms with van der Waals surface area (Å²) in [7, 11) is 0. The lowest BCUT2D eigenvalue weighted by molar-refractivity contribution is -0.186. The Labute approximate surface area is 175 Å². The van der Waals surface area contributed by atoms with Crippen LogP contribution in [0.3, 0.4) is 0 Å². The Kier molecular flexibility index (Phi) is 5.75. The van der Waals surface area contributed by atoms with Gasteiger partial charge in [0, 0.05) is 42.8 Å². The molecule has 0 aromatic carbocycles. The first-order chi connectivity index (χ1) is 13.9. The largest absolute Gasteiger partial charge is 0.388 e. The highest BCUT2D eigenvalue weighted by Crippen LogP contribution is 2.40. The molecule has 29 heavy (non-hydrogen) atoms. The molecule has 2 atom stereocenters. The average Bonchev–Trinajstić information content (AvgIpc) is 3.19. The van der Waals surface area contributed by atoms with E-state index in [4.69, 9.17) is 4.74 Å². The van der Waals surface area contributed by atoms with E-state index in [0.717, 1.165) is 38.2 Å². The van der Waals surface area contributed by atoms with Gasteiger partial charge >= 0.3 is 0 Å². The molecule has 2 N–H and O–H groups in total. The SMILES string of the molecule is Cc1ccc(C(=O)N[C@H]2COC3(CCN(Cc4cccs4)CC3)C[C@]2(C)O)cn1. The molecule has 0 radical (unpaired) electrons. The second-order valence-electron chi connectivity index (χ2n) is 8.60. The van der Waals surface area contributed by atoms with Gasteiger partial charge in [0.25, 0.3) is 5.91 Å². The molecule has 2 aromatic heterocycles. The summed E-state index contributed by atoms with van der Waals surface area (Å²) in [5.74, 6) is -0.229. The molecule has 4 heterocycles. The number of hydrogen-bond acceptors (Lipinski definition) is 6. The predicted molar refractivity (Wildman–Crippen MR) is 113 cm³/mol. The van der Waals surface area contributed by atoms with E-state index < -0.39 is 11.6 Å². The Morgan fingerprint density at radius 3 is 2.79 bits per heavy atom. The fraction of sp³-hybridized carbons (Fsp3) is 0.545. The van der Waals surface area contributed by atoms with E-state index in [1.54, 1.807) is 23.6 Å². The van der Waals surface area contributed by atoms with Crippen LogP contribution in [0.15, 0.2) is 35.8 Å². The van der Waals surface area contributed by atoms with Crippen molar-refractivity contribution in [2.75, 3.05) is 19.7 Å². The summed E-state index contributed by atoms with van der Waals surface area (Å²) < 4.78 is 6.28. The molecule has 0 saturated carbocycles. The minimum atomic E-state index is -1.01. The Balaban J connectivity index is 1.34. The van der Waals surface area contributed by atoms with E-state index in [0.29, 0.717) is 18.6 Å². The first-order valence-electron chi connectivity index (χ1n) is 10.2. The molecule has 4 rings (SSSR count). The summed E-state index contributed by atoms with van der Waals surface area (Å²) in [4.78, 5) is 20.6. The number of aromatic nitrogens is 1. The van der Waals surface area contributed by atoms with Gasteiger partial charge in [-0.3, -0.25) is 14.7 Å². The molecular weight excluding hydrogens is 386 g/mol. The Morgan fingerprint density at radius 1 is 1.38 bits per heavy atom. The van der Waals surface area contributed by atoms with Crippen molar-refractivity contribution < 1.29 is 14.6 Å². The number of nitrogens with zero attached hydrogens (tertiary/aromatic N) is 2. The van der Waals surface area contributed by atoms with Crippen LogP contribution in [-0.2, 0) is 11.3 Å². The van der Waals surface area contributed by atoms with Crippen LogP contribution >= 0.6 is 11.3 Å². The number of thiophene rings is 1. The molecule has 1 amide bonds. The number of carbonyl (C=O) groups is 1. The lowest BCUT2D eigenvalue weighted by Crippen LogP contribution is -2.63. The quantitative estimate of drug-likeness (QED) is 0.803. The molecule has 6 nitrogen and oxygen atoms in total. The van der Waals surface area contributed by atoms with Crippen LogP contribution in [0.25, 0.3) is 0 Å². The first kappa shape index (κ1) is 20.5. The highest BCUT2D eigenvalue weighted by atomic mass is 32.1. The maximum Gasteiger partial charge on any atom is 0.253 e. The fourth-order valence-electron chi connectivity index (χ4n) is 4.37. The smallest absolute Gasteiger partial charge is 0.253 e. The van der Waals surface area contributed by atoms with Crippen LogP contribution in [0.1, 0.15) is 47.1 Å². The first-order valence-corrected chi connectivity index (χ1v) is 11.1. The Bertz CT molecular complexity index is 827. The third-order valence-corrected chi connectivity index (χ3v) is 7.05. The van der Waals surface area contributed by atoms with Crippen LogP contribution in [0, 0.1) is 6.92 Å². The number of hydrogen-bond donors (Lipinski definition) is 2. The molecule has 0 aliphatic carbocycles. The molecule has 1 spiro atoms. The fourth-order valence-corrected chi connectivity index (χ4v) is 5.12. The van der Waals surface area contributed by atoms with E-state index in [-0.39, 0.29) is 11.5 Å². The van der Waals surface area contributed by atoms with Gasteiger partial charge in [-0.05, 0) is 50.3 Å². The van der Waals surface area contributed by atoms with Gasteiger partial charge in [-0.1, -0.05) is 6.07 Å². The zero-order valence-electron chi connectivity index (χ0n) is 17.1. The number of rotatable bonds is 4. The molecule has 2 aromatic rings. The maximum absolute atomic E-state index is 12.6. The van der Waals surface area contributed by atoms with E-state index in [2.05, 4.69) is 32.7 Å². The second kappa shape index (κ2) is 8.14. The predicted octanol–water partition coefficient (Wildman–Crippen LogP) is 2.76. The normalized spacial score (nSPS) is 27.1. The number of ether oxygens (including phenoxy) is 1. The highest BCUT2D eigenvalue weighted by Gasteiger charge is 2.49. The number of aliphatic hydroxyl groups is 1. The monoisotopic (exact) mass is 415 g/mol. The van der Waals surface area contributed by atoms with Crippen LogP contribution < -0.4 is 5.32 Å². The summed E-state index contributed by atoms with van der Waals surface area (Å²) in [5, 5.41) is 16.2. The van der Waals surface area contributed by atoms with Crippen LogP contribution in [0.5, 0.6) is 0 Å². The number of likely N-dealkylation sites (tertiary alicyclic amines) is 1. The van der Waals surface area contributed by atoms with Gasteiger partial charge in [0.05, 0.1) is 29.4 Å². The van der Waals surface area contributed by atoms with E-state index in [1.165, 1.54) is 4.88 Å². The van der Waals surface area contributed by atoms with Gasteiger partial charge in [0.1, 0.15) is 0 Å². The zero-order valence-corrected chi connectivity index (χ0v) is 17.9. The zero-order chi connectivity index (χ0) is 20.5. The molecule has 2 saturated heterocycles. The Morgan fingerprint density at radius 2 is 2.17 bits per heavy atom. The van der Waals surface area contributed by atoms with E-state index >= 15 is 0 Å². The summed E-state index contributed by atoms with van der Waals surface area (Å²) in [6.45, 7) is 6.91. The molecule has 0 unspecified atom stereocenters. The standard InChI is InChI=1S/C22H29N3O3S/c1-16-5-6-17(12-23-16)20(26)24-19-14-28-22(15-21(19,2)27)7-9-25(10-8-22)13-18-4-3-11-29-18/h3-6,11-12,19,27H,7-10,13-15H2,1-2H3,(H,24,26)/t19-,21-/m0/s1. The third kappa shape index (κ3) is 4.69. The minimum absolute atomic E-state index is 0.229. The van der Waals surface area contributed by atoms with Crippen molar-refractivity contribution in [3.63, 3.8) is 0 Å². The van der Waals surface area contributed by atoms with Crippen molar-refractivity contribution in [1.82, 2.24) is 15.2 Å². The minimum Gasteiger partial charge on any atom is -0.388 e. The van der Waals surface area contributed by atoms with Gasteiger partial charge in [0.15, 0.2) is 0 Å². The number of carbonyl (C=O) groups excluding carboxylic acids is 1. The summed E-state index contributed by atoms with van der Waals surface area (Å²) in [6, 6.07) is 7.39. The van der Waals surface area contributed by atoms with E-state index in [9.17, 15) is 9.90 Å². The van der Waals surface area contributed by atoms with Crippen LogP contribution in [-0.4, -0.2) is 57.8 Å². The molecule has 7 heteroatoms. The van der Waals surface area contributed by atoms with Crippen molar-refractivity contribution in [2.45, 2.75) is 56.9 Å². The molecule has 156 valence electrons. The lowest BCUT2D eigenvalue weighted by Gasteiger charge is -2.51. The molecule has 2 aliphatic heterocycles. The van der Waals surface area contributed by atoms with Crippen molar-refractivity contribution in [1.29, 1.82) is 0 Å². The van der Waals surface area contributed by atoms with Gasteiger partial charge in [-0.2, -0.15) is 0 Å². The number of amides is 1. The van der Waals surface area contributed by atoms with Crippen molar-refractivity contribution in [2.24, 2.45) is 0 Å². The topological polar surface area (TPSA) is 74.7 Å². The van der Waals surface area contributed by atoms with Crippen molar-refractivity contribution >= 4 is 17.2 Å². The summed E-state index contributed by atoms with van der Waals surface area (Å²) in [6.07, 6.45) is 3.89. The van der Waals surface area contributed by atoms with Crippen LogP contribution in [0.2, 0.25) is 0 Å². The number of nitrogens with one attached hydrogen (secondary N) is 1. The number of aryl methyl sites for hydroxylation is 1. The van der Waals surface area contributed by atoms with Gasteiger partial charge < -0.3 is 15.2 Å². The Hall–Kier alpha value is -1.80. The molecular formula is C22H29N3O3S. The van der Waals surface area contributed by atoms with Crippen molar-refractivity contribution in [3.8, 4) is 0 Å². The second-order valence-corrected chi connectivity index (χ2v) is 9.63. The summed E-state index contributed by atoms with van der Waals surface area (Å²) in [5.41, 5.74) is 0.0415. The van der Waals surface area contributed by atoms with Crippen LogP contribution in [0.4, 0.5) is 0 Å².